The first-order chi connectivity index (χ1) is 7.98. The van der Waals surface area contributed by atoms with Gasteiger partial charge in [-0.2, -0.15) is 0 Å². The largest absolute Gasteiger partial charge is 0.396 e. The fourth-order valence-electron chi connectivity index (χ4n) is 2.24. The van der Waals surface area contributed by atoms with Crippen LogP contribution in [-0.4, -0.2) is 18.2 Å². The van der Waals surface area contributed by atoms with Crippen molar-refractivity contribution < 1.29 is 4.74 Å². The first kappa shape index (κ1) is 12.5. The highest BCUT2D eigenvalue weighted by molar-refractivity contribution is 6.33. The Balaban J connectivity index is 2.08. The first-order valence-corrected chi connectivity index (χ1v) is 6.30. The molecule has 1 aromatic carbocycles. The van der Waals surface area contributed by atoms with Gasteiger partial charge in [-0.3, -0.25) is 0 Å². The van der Waals surface area contributed by atoms with Crippen molar-refractivity contribution >= 4 is 23.0 Å². The number of rotatable bonds is 2. The number of halogens is 1. The van der Waals surface area contributed by atoms with Crippen LogP contribution in [0.3, 0.4) is 0 Å². The van der Waals surface area contributed by atoms with Crippen molar-refractivity contribution in [2.45, 2.75) is 38.3 Å². The van der Waals surface area contributed by atoms with E-state index in [4.69, 9.17) is 22.1 Å². The molecule has 2 rings (SSSR count). The predicted octanol–water partition coefficient (Wildman–Crippen LogP) is 3.29. The zero-order chi connectivity index (χ0) is 12.5. The number of hydrogen-bond acceptors (Lipinski definition) is 3. The first-order valence-electron chi connectivity index (χ1n) is 5.92. The summed E-state index contributed by atoms with van der Waals surface area (Å²) in [5.41, 5.74) is 7.42. The summed E-state index contributed by atoms with van der Waals surface area (Å²) in [7, 11) is 0. The molecule has 1 aromatic rings. The summed E-state index contributed by atoms with van der Waals surface area (Å²) in [6.45, 7) is 5.01. The molecule has 1 saturated heterocycles. The van der Waals surface area contributed by atoms with E-state index in [1.165, 1.54) is 0 Å². The molecule has 94 valence electrons. The van der Waals surface area contributed by atoms with Gasteiger partial charge in [0.15, 0.2) is 0 Å². The molecule has 1 heterocycles. The maximum absolute atomic E-state index is 6.00. The second kappa shape index (κ2) is 4.75. The van der Waals surface area contributed by atoms with Gasteiger partial charge in [-0.25, -0.2) is 0 Å². The number of nitrogens with two attached hydrogens (primary N) is 1. The van der Waals surface area contributed by atoms with Gasteiger partial charge in [0, 0.05) is 12.6 Å². The SMILES string of the molecule is CC1(C)CC(Nc2cccc(Cl)c2N)CCO1. The average Bonchev–Trinajstić information content (AvgIpc) is 2.23. The minimum absolute atomic E-state index is 0.0662. The molecule has 0 spiro atoms. The highest BCUT2D eigenvalue weighted by Gasteiger charge is 2.28. The normalized spacial score (nSPS) is 23.4. The van der Waals surface area contributed by atoms with E-state index in [1.807, 2.05) is 12.1 Å². The quantitative estimate of drug-likeness (QED) is 0.797. The summed E-state index contributed by atoms with van der Waals surface area (Å²) in [6.07, 6.45) is 1.97. The van der Waals surface area contributed by atoms with Crippen LogP contribution in [0.25, 0.3) is 0 Å². The molecule has 3 N–H and O–H groups in total. The Hall–Kier alpha value is -0.930. The molecule has 1 aliphatic heterocycles. The molecule has 17 heavy (non-hydrogen) atoms. The molecular formula is C13H19ClN2O. The molecule has 1 atom stereocenters. The van der Waals surface area contributed by atoms with Crippen LogP contribution in [0.5, 0.6) is 0 Å². The molecule has 0 aromatic heterocycles. The van der Waals surface area contributed by atoms with E-state index in [2.05, 4.69) is 19.2 Å². The molecule has 1 fully saturated rings. The van der Waals surface area contributed by atoms with E-state index >= 15 is 0 Å². The summed E-state index contributed by atoms with van der Waals surface area (Å²) in [4.78, 5) is 0. The number of para-hydroxylation sites is 1. The zero-order valence-corrected chi connectivity index (χ0v) is 11.1. The Kier molecular flexibility index (Phi) is 3.50. The fourth-order valence-corrected chi connectivity index (χ4v) is 2.41. The van der Waals surface area contributed by atoms with Crippen LogP contribution in [0, 0.1) is 0 Å². The van der Waals surface area contributed by atoms with Gasteiger partial charge in [-0.05, 0) is 38.8 Å². The summed E-state index contributed by atoms with van der Waals surface area (Å²) in [6, 6.07) is 6.06. The topological polar surface area (TPSA) is 47.3 Å². The van der Waals surface area contributed by atoms with Crippen molar-refractivity contribution in [3.8, 4) is 0 Å². The second-order valence-corrected chi connectivity index (χ2v) is 5.55. The second-order valence-electron chi connectivity index (χ2n) is 5.14. The predicted molar refractivity (Wildman–Crippen MR) is 72.5 cm³/mol. The van der Waals surface area contributed by atoms with Crippen LogP contribution >= 0.6 is 11.6 Å². The molecule has 0 aliphatic carbocycles. The Morgan fingerprint density at radius 1 is 1.47 bits per heavy atom. The lowest BCUT2D eigenvalue weighted by Gasteiger charge is -2.36. The van der Waals surface area contributed by atoms with E-state index in [0.717, 1.165) is 25.1 Å². The van der Waals surface area contributed by atoms with Gasteiger partial charge in [-0.1, -0.05) is 17.7 Å². The van der Waals surface area contributed by atoms with E-state index in [1.54, 1.807) is 6.07 Å². The van der Waals surface area contributed by atoms with Crippen LogP contribution in [0.2, 0.25) is 5.02 Å². The lowest BCUT2D eigenvalue weighted by Crippen LogP contribution is -2.40. The third-order valence-electron chi connectivity index (χ3n) is 3.11. The smallest absolute Gasteiger partial charge is 0.0739 e. The van der Waals surface area contributed by atoms with Gasteiger partial charge in [0.25, 0.3) is 0 Å². The molecule has 1 unspecified atom stereocenters. The van der Waals surface area contributed by atoms with E-state index < -0.39 is 0 Å². The number of ether oxygens (including phenoxy) is 1. The Morgan fingerprint density at radius 3 is 2.94 bits per heavy atom. The number of anilines is 2. The van der Waals surface area contributed by atoms with Gasteiger partial charge in [0.05, 0.1) is 22.0 Å². The molecule has 3 nitrogen and oxygen atoms in total. The summed E-state index contributed by atoms with van der Waals surface area (Å²) in [5, 5.41) is 4.05. The molecule has 4 heteroatoms. The Labute approximate surface area is 107 Å². The molecular weight excluding hydrogens is 236 g/mol. The Morgan fingerprint density at radius 2 is 2.24 bits per heavy atom. The lowest BCUT2D eigenvalue weighted by atomic mass is 9.94. The number of nitrogens with one attached hydrogen (secondary N) is 1. The van der Waals surface area contributed by atoms with Gasteiger partial charge in [0.2, 0.25) is 0 Å². The van der Waals surface area contributed by atoms with Crippen molar-refractivity contribution in [1.82, 2.24) is 0 Å². The van der Waals surface area contributed by atoms with Crippen LogP contribution < -0.4 is 11.1 Å². The van der Waals surface area contributed by atoms with Gasteiger partial charge < -0.3 is 15.8 Å². The lowest BCUT2D eigenvalue weighted by molar-refractivity contribution is -0.0553. The van der Waals surface area contributed by atoms with Crippen LogP contribution in [0.15, 0.2) is 18.2 Å². The highest BCUT2D eigenvalue weighted by atomic mass is 35.5. The van der Waals surface area contributed by atoms with E-state index in [0.29, 0.717) is 16.8 Å². The average molecular weight is 255 g/mol. The van der Waals surface area contributed by atoms with Crippen molar-refractivity contribution in [1.29, 1.82) is 0 Å². The van der Waals surface area contributed by atoms with E-state index in [-0.39, 0.29) is 5.60 Å². The van der Waals surface area contributed by atoms with Crippen LogP contribution in [0.1, 0.15) is 26.7 Å². The summed E-state index contributed by atoms with van der Waals surface area (Å²) in [5.74, 6) is 0. The monoisotopic (exact) mass is 254 g/mol. The van der Waals surface area contributed by atoms with Gasteiger partial charge in [-0.15, -0.1) is 0 Å². The van der Waals surface area contributed by atoms with Crippen molar-refractivity contribution in [2.75, 3.05) is 17.7 Å². The van der Waals surface area contributed by atoms with Crippen molar-refractivity contribution in [3.63, 3.8) is 0 Å². The summed E-state index contributed by atoms with van der Waals surface area (Å²) < 4.78 is 5.69. The Bertz CT molecular complexity index is 406. The minimum atomic E-state index is -0.0662. The summed E-state index contributed by atoms with van der Waals surface area (Å²) >= 11 is 6.00. The van der Waals surface area contributed by atoms with Crippen molar-refractivity contribution in [2.24, 2.45) is 0 Å². The molecule has 0 radical (unpaired) electrons. The molecule has 1 aliphatic rings. The number of hydrogen-bond donors (Lipinski definition) is 2. The molecule has 0 bridgehead atoms. The number of benzene rings is 1. The fraction of sp³-hybridized carbons (Fsp3) is 0.538. The highest BCUT2D eigenvalue weighted by Crippen LogP contribution is 2.31. The minimum Gasteiger partial charge on any atom is -0.396 e. The zero-order valence-electron chi connectivity index (χ0n) is 10.3. The van der Waals surface area contributed by atoms with Gasteiger partial charge >= 0.3 is 0 Å². The standard InChI is InChI=1S/C13H19ClN2O/c1-13(2)8-9(6-7-17-13)16-11-5-3-4-10(14)12(11)15/h3-5,9,16H,6-8,15H2,1-2H3. The van der Waals surface area contributed by atoms with E-state index in [9.17, 15) is 0 Å². The third kappa shape index (κ3) is 3.05. The molecule has 0 saturated carbocycles. The maximum atomic E-state index is 6.00. The molecule has 0 amide bonds. The van der Waals surface area contributed by atoms with Crippen molar-refractivity contribution in [3.05, 3.63) is 23.2 Å². The number of nitrogen functional groups attached to an aromatic ring is 1. The van der Waals surface area contributed by atoms with Crippen LogP contribution in [0.4, 0.5) is 11.4 Å². The third-order valence-corrected chi connectivity index (χ3v) is 3.44. The van der Waals surface area contributed by atoms with Gasteiger partial charge in [0.1, 0.15) is 0 Å². The van der Waals surface area contributed by atoms with Crippen LogP contribution in [-0.2, 0) is 4.74 Å². The maximum Gasteiger partial charge on any atom is 0.0739 e.